The molecule has 2 aliphatic rings. The van der Waals surface area contributed by atoms with E-state index in [2.05, 4.69) is 66.7 Å². The van der Waals surface area contributed by atoms with Gasteiger partial charge in [-0.15, -0.1) is 11.3 Å². The second-order valence-electron chi connectivity index (χ2n) is 7.63. The van der Waals surface area contributed by atoms with E-state index in [1.165, 1.54) is 43.6 Å². The van der Waals surface area contributed by atoms with E-state index in [9.17, 15) is 0 Å². The summed E-state index contributed by atoms with van der Waals surface area (Å²) < 4.78 is 1.14. The Morgan fingerprint density at radius 1 is 0.633 bits per heavy atom. The number of hydrogen-bond donors (Lipinski definition) is 2. The van der Waals surface area contributed by atoms with Crippen molar-refractivity contribution in [3.8, 4) is 21.6 Å². The highest BCUT2D eigenvalue weighted by Gasteiger charge is 2.18. The van der Waals surface area contributed by atoms with Crippen LogP contribution in [0.5, 0.6) is 0 Å². The fraction of sp³-hybridized carbons (Fsp3) is 0. The highest BCUT2D eigenvalue weighted by molar-refractivity contribution is 7.21. The van der Waals surface area contributed by atoms with Gasteiger partial charge in [0, 0.05) is 26.2 Å². The molecule has 4 aromatic rings. The van der Waals surface area contributed by atoms with Gasteiger partial charge < -0.3 is 11.1 Å². The lowest BCUT2D eigenvalue weighted by Crippen LogP contribution is -1.99. The Balaban J connectivity index is 1.87. The van der Waals surface area contributed by atoms with Crippen LogP contribution in [0.4, 0.5) is 5.69 Å². The van der Waals surface area contributed by atoms with E-state index in [1.807, 2.05) is 24.3 Å². The van der Waals surface area contributed by atoms with Gasteiger partial charge in [-0.3, -0.25) is 0 Å². The van der Waals surface area contributed by atoms with Crippen LogP contribution in [-0.2, 0) is 0 Å². The number of rotatable bonds is 1. The molecule has 3 heteroatoms. The van der Waals surface area contributed by atoms with Crippen molar-refractivity contribution >= 4 is 48.7 Å². The number of benzene rings is 5. The molecule has 1 aliphatic carbocycles. The summed E-state index contributed by atoms with van der Waals surface area (Å²) in [7, 11) is 0. The Morgan fingerprint density at radius 2 is 1.40 bits per heavy atom. The minimum Gasteiger partial charge on any atom is -0.399 e. The van der Waals surface area contributed by atoms with Crippen LogP contribution >= 0.6 is 11.3 Å². The van der Waals surface area contributed by atoms with E-state index in [1.54, 1.807) is 11.3 Å². The SMILES string of the molecule is N=c1ccc2c(-c3cc4ccccc4c4ccccc34)c3ccc(N)cc3sc-2c1. The summed E-state index contributed by atoms with van der Waals surface area (Å²) in [5.41, 5.74) is 10.5. The second-order valence-corrected chi connectivity index (χ2v) is 8.72. The maximum atomic E-state index is 8.12. The molecule has 30 heavy (non-hydrogen) atoms. The van der Waals surface area contributed by atoms with Crippen LogP contribution in [-0.4, -0.2) is 0 Å². The van der Waals surface area contributed by atoms with Gasteiger partial charge in [-0.05, 0) is 63.0 Å². The van der Waals surface area contributed by atoms with Gasteiger partial charge in [0.05, 0.1) is 5.36 Å². The monoisotopic (exact) mass is 402 g/mol. The summed E-state index contributed by atoms with van der Waals surface area (Å²) in [6.45, 7) is 0. The van der Waals surface area contributed by atoms with Crippen LogP contribution in [0.1, 0.15) is 0 Å². The Bertz CT molecular complexity index is 1630. The summed E-state index contributed by atoms with van der Waals surface area (Å²) in [5, 5.41) is 14.8. The van der Waals surface area contributed by atoms with Gasteiger partial charge in [-0.2, -0.15) is 0 Å². The van der Waals surface area contributed by atoms with Crippen molar-refractivity contribution in [2.45, 2.75) is 0 Å². The molecule has 0 spiro atoms. The molecule has 1 aliphatic heterocycles. The summed E-state index contributed by atoms with van der Waals surface area (Å²) in [4.78, 5) is 1.10. The van der Waals surface area contributed by atoms with E-state index in [0.29, 0.717) is 5.36 Å². The molecule has 1 heterocycles. The lowest BCUT2D eigenvalue weighted by atomic mass is 9.89. The summed E-state index contributed by atoms with van der Waals surface area (Å²) in [5.74, 6) is 0. The van der Waals surface area contributed by atoms with E-state index < -0.39 is 0 Å². The van der Waals surface area contributed by atoms with Crippen molar-refractivity contribution in [1.29, 1.82) is 5.41 Å². The predicted molar refractivity (Wildman–Crippen MR) is 129 cm³/mol. The molecule has 4 aromatic carbocycles. The van der Waals surface area contributed by atoms with Crippen LogP contribution in [0, 0.1) is 5.41 Å². The third kappa shape index (κ3) is 2.53. The van der Waals surface area contributed by atoms with Gasteiger partial charge in [-0.25, -0.2) is 0 Å². The highest BCUT2D eigenvalue weighted by atomic mass is 32.1. The zero-order chi connectivity index (χ0) is 20.2. The van der Waals surface area contributed by atoms with E-state index in [0.717, 1.165) is 15.3 Å². The third-order valence-electron chi connectivity index (χ3n) is 5.78. The molecule has 0 aromatic heterocycles. The standard InChI is InChI=1S/C27H18N2S/c28-17-9-11-22-25(14-17)30-26-15-18(29)10-12-23(26)27(22)24-13-16-5-1-2-6-19(16)20-7-3-4-8-21(20)24/h1-15,28H,29H2. The lowest BCUT2D eigenvalue weighted by molar-refractivity contribution is 1.28. The second kappa shape index (κ2) is 6.41. The fourth-order valence-corrected chi connectivity index (χ4v) is 5.64. The molecule has 0 bridgehead atoms. The first-order valence-electron chi connectivity index (χ1n) is 9.91. The summed E-state index contributed by atoms with van der Waals surface area (Å²) >= 11 is 1.70. The zero-order valence-corrected chi connectivity index (χ0v) is 17.0. The zero-order valence-electron chi connectivity index (χ0n) is 16.1. The van der Waals surface area contributed by atoms with Crippen molar-refractivity contribution < 1.29 is 0 Å². The lowest BCUT2D eigenvalue weighted by Gasteiger charge is -2.18. The molecule has 0 fully saturated rings. The van der Waals surface area contributed by atoms with Crippen molar-refractivity contribution in [2.75, 3.05) is 5.73 Å². The minimum atomic E-state index is 0.524. The van der Waals surface area contributed by atoms with Gasteiger partial charge in [0.1, 0.15) is 0 Å². The number of nitrogens with one attached hydrogen (secondary N) is 1. The normalized spacial score (nSPS) is 11.6. The van der Waals surface area contributed by atoms with Crippen molar-refractivity contribution in [3.63, 3.8) is 0 Å². The molecule has 3 N–H and O–H groups in total. The quantitative estimate of drug-likeness (QED) is 0.173. The molecule has 0 radical (unpaired) electrons. The van der Waals surface area contributed by atoms with Gasteiger partial charge in [0.15, 0.2) is 0 Å². The molecule has 0 atom stereocenters. The van der Waals surface area contributed by atoms with E-state index >= 15 is 0 Å². The van der Waals surface area contributed by atoms with Crippen LogP contribution in [0.2, 0.25) is 0 Å². The molecule has 6 rings (SSSR count). The van der Waals surface area contributed by atoms with Crippen molar-refractivity contribution in [2.24, 2.45) is 0 Å². The number of nitrogens with two attached hydrogens (primary N) is 1. The first-order valence-corrected chi connectivity index (χ1v) is 10.7. The van der Waals surface area contributed by atoms with Gasteiger partial charge >= 0.3 is 0 Å². The molecular formula is C27H18N2S. The largest absolute Gasteiger partial charge is 0.399 e. The maximum absolute atomic E-state index is 8.12. The Labute approximate surface area is 177 Å². The minimum absolute atomic E-state index is 0.524. The van der Waals surface area contributed by atoms with Crippen LogP contribution in [0.25, 0.3) is 53.2 Å². The number of nitrogen functional groups attached to an aromatic ring is 1. The predicted octanol–water partition coefficient (Wildman–Crippen LogP) is 7.04. The number of anilines is 1. The molecule has 0 saturated heterocycles. The summed E-state index contributed by atoms with van der Waals surface area (Å²) in [6.07, 6.45) is 0. The molecule has 0 saturated carbocycles. The molecule has 0 unspecified atom stereocenters. The van der Waals surface area contributed by atoms with Crippen molar-refractivity contribution in [1.82, 2.24) is 0 Å². The highest BCUT2D eigenvalue weighted by Crippen LogP contribution is 2.46. The van der Waals surface area contributed by atoms with E-state index in [4.69, 9.17) is 11.1 Å². The van der Waals surface area contributed by atoms with Crippen molar-refractivity contribution in [3.05, 3.63) is 96.4 Å². The Hall–Kier alpha value is -3.69. The molecule has 2 nitrogen and oxygen atoms in total. The van der Waals surface area contributed by atoms with Crippen LogP contribution in [0.3, 0.4) is 0 Å². The molecular weight excluding hydrogens is 384 g/mol. The van der Waals surface area contributed by atoms with E-state index in [-0.39, 0.29) is 0 Å². The van der Waals surface area contributed by atoms with Gasteiger partial charge in [0.2, 0.25) is 0 Å². The topological polar surface area (TPSA) is 49.9 Å². The summed E-state index contributed by atoms with van der Waals surface area (Å²) in [6, 6.07) is 31.6. The van der Waals surface area contributed by atoms with Crippen LogP contribution < -0.4 is 11.1 Å². The molecule has 0 amide bonds. The first kappa shape index (κ1) is 17.2. The van der Waals surface area contributed by atoms with Gasteiger partial charge in [-0.1, -0.05) is 60.7 Å². The van der Waals surface area contributed by atoms with Gasteiger partial charge in [0.25, 0.3) is 0 Å². The fourth-order valence-electron chi connectivity index (χ4n) is 4.46. The first-order chi connectivity index (χ1) is 14.7. The maximum Gasteiger partial charge on any atom is 0.0554 e. The average Bonchev–Trinajstić information content (AvgIpc) is 2.77. The smallest absolute Gasteiger partial charge is 0.0554 e. The number of hydrogen-bond acceptors (Lipinski definition) is 3. The number of fused-ring (bicyclic) bond motifs is 5. The third-order valence-corrected chi connectivity index (χ3v) is 6.90. The Kier molecular flexibility index (Phi) is 3.67. The molecule has 142 valence electrons. The average molecular weight is 403 g/mol. The Morgan fingerprint density at radius 3 is 2.27 bits per heavy atom. The van der Waals surface area contributed by atoms with Crippen LogP contribution in [0.15, 0.2) is 91.0 Å².